The molecule has 4 heteroatoms. The van der Waals surface area contributed by atoms with E-state index in [0.29, 0.717) is 5.56 Å². The maximum Gasteiger partial charge on any atom is 0.326 e. The Kier molecular flexibility index (Phi) is 3.92. The molecule has 0 aromatic heterocycles. The molecule has 0 aliphatic carbocycles. The number of halogens is 1. The number of fused-ring (bicyclic) bond motifs is 1. The Balaban J connectivity index is 1.72. The second kappa shape index (κ2) is 6.02. The van der Waals surface area contributed by atoms with E-state index in [-0.39, 0.29) is 17.9 Å². The summed E-state index contributed by atoms with van der Waals surface area (Å²) in [6.45, 7) is 2.01. The van der Waals surface area contributed by atoms with Crippen molar-refractivity contribution in [2.75, 3.05) is 4.90 Å². The molecule has 2 aromatic carbocycles. The van der Waals surface area contributed by atoms with Crippen molar-refractivity contribution in [2.24, 2.45) is 0 Å². The van der Waals surface area contributed by atoms with Crippen LogP contribution in [0.2, 0.25) is 0 Å². The topological polar surface area (TPSA) is 32.3 Å². The van der Waals surface area contributed by atoms with E-state index in [1.807, 2.05) is 31.2 Å². The third kappa shape index (κ3) is 2.72. The van der Waals surface area contributed by atoms with Gasteiger partial charge in [-0.15, -0.1) is 0 Å². The van der Waals surface area contributed by atoms with Gasteiger partial charge in [-0.2, -0.15) is 0 Å². The maximum absolute atomic E-state index is 13.5. The SMILES string of the molecule is CC1Cc2ccccc2N1C(=O)N/C=C/c1ccccc1F. The molecule has 1 aliphatic heterocycles. The molecule has 1 aliphatic rings. The van der Waals surface area contributed by atoms with Gasteiger partial charge in [0.15, 0.2) is 0 Å². The summed E-state index contributed by atoms with van der Waals surface area (Å²) in [4.78, 5) is 14.1. The first-order valence-electron chi connectivity index (χ1n) is 7.25. The van der Waals surface area contributed by atoms with Gasteiger partial charge in [-0.1, -0.05) is 36.4 Å². The fourth-order valence-electron chi connectivity index (χ4n) is 2.76. The van der Waals surface area contributed by atoms with Crippen LogP contribution in [-0.4, -0.2) is 12.1 Å². The van der Waals surface area contributed by atoms with E-state index in [1.54, 1.807) is 29.2 Å². The number of nitrogens with one attached hydrogen (secondary N) is 1. The first-order chi connectivity index (χ1) is 10.7. The molecule has 3 rings (SSSR count). The second-order valence-corrected chi connectivity index (χ2v) is 5.36. The quantitative estimate of drug-likeness (QED) is 0.894. The number of rotatable bonds is 2. The van der Waals surface area contributed by atoms with Crippen LogP contribution >= 0.6 is 0 Å². The first kappa shape index (κ1) is 14.3. The molecule has 1 atom stereocenters. The molecule has 22 heavy (non-hydrogen) atoms. The number of benzene rings is 2. The number of carbonyl (C=O) groups is 1. The van der Waals surface area contributed by atoms with Gasteiger partial charge in [-0.25, -0.2) is 9.18 Å². The Labute approximate surface area is 129 Å². The molecule has 0 spiro atoms. The highest BCUT2D eigenvalue weighted by atomic mass is 19.1. The number of hydrogen-bond donors (Lipinski definition) is 1. The normalized spacial score (nSPS) is 16.8. The summed E-state index contributed by atoms with van der Waals surface area (Å²) < 4.78 is 13.5. The Morgan fingerprint density at radius 3 is 2.77 bits per heavy atom. The van der Waals surface area contributed by atoms with Crippen molar-refractivity contribution in [1.29, 1.82) is 0 Å². The number of hydrogen-bond acceptors (Lipinski definition) is 1. The molecule has 0 bridgehead atoms. The molecular weight excluding hydrogens is 279 g/mol. The maximum atomic E-state index is 13.5. The Hall–Kier alpha value is -2.62. The van der Waals surface area contributed by atoms with E-state index >= 15 is 0 Å². The van der Waals surface area contributed by atoms with Gasteiger partial charge in [0.1, 0.15) is 5.82 Å². The van der Waals surface area contributed by atoms with Crippen molar-refractivity contribution < 1.29 is 9.18 Å². The van der Waals surface area contributed by atoms with E-state index in [1.165, 1.54) is 17.8 Å². The van der Waals surface area contributed by atoms with Crippen molar-refractivity contribution in [3.8, 4) is 0 Å². The summed E-state index contributed by atoms with van der Waals surface area (Å²) in [6, 6.07) is 14.2. The lowest BCUT2D eigenvalue weighted by atomic mass is 10.1. The third-order valence-corrected chi connectivity index (χ3v) is 3.80. The Morgan fingerprint density at radius 2 is 1.95 bits per heavy atom. The zero-order valence-corrected chi connectivity index (χ0v) is 12.3. The predicted octanol–water partition coefficient (Wildman–Crippen LogP) is 3.96. The van der Waals surface area contributed by atoms with Crippen LogP contribution in [0.15, 0.2) is 54.7 Å². The minimum Gasteiger partial charge on any atom is -0.314 e. The molecule has 1 N–H and O–H groups in total. The summed E-state index contributed by atoms with van der Waals surface area (Å²) in [7, 11) is 0. The van der Waals surface area contributed by atoms with Gasteiger partial charge in [-0.05, 0) is 37.1 Å². The molecule has 1 heterocycles. The van der Waals surface area contributed by atoms with E-state index in [4.69, 9.17) is 0 Å². The summed E-state index contributed by atoms with van der Waals surface area (Å²) in [6.07, 6.45) is 3.88. The monoisotopic (exact) mass is 296 g/mol. The lowest BCUT2D eigenvalue weighted by Gasteiger charge is -2.22. The van der Waals surface area contributed by atoms with Crippen molar-refractivity contribution in [3.63, 3.8) is 0 Å². The summed E-state index contributed by atoms with van der Waals surface area (Å²) >= 11 is 0. The number of carbonyl (C=O) groups excluding carboxylic acids is 1. The highest BCUT2D eigenvalue weighted by Crippen LogP contribution is 2.31. The minimum atomic E-state index is -0.312. The molecular formula is C18H17FN2O. The Bertz CT molecular complexity index is 727. The van der Waals surface area contributed by atoms with Crippen LogP contribution < -0.4 is 10.2 Å². The number of nitrogens with zero attached hydrogens (tertiary/aromatic N) is 1. The van der Waals surface area contributed by atoms with Crippen LogP contribution in [0.4, 0.5) is 14.9 Å². The second-order valence-electron chi connectivity index (χ2n) is 5.36. The van der Waals surface area contributed by atoms with E-state index < -0.39 is 0 Å². The average Bonchev–Trinajstić information content (AvgIpc) is 2.85. The number of anilines is 1. The van der Waals surface area contributed by atoms with Gasteiger partial charge in [0.05, 0.1) is 0 Å². The van der Waals surface area contributed by atoms with E-state index in [9.17, 15) is 9.18 Å². The van der Waals surface area contributed by atoms with Crippen molar-refractivity contribution in [2.45, 2.75) is 19.4 Å². The highest BCUT2D eigenvalue weighted by Gasteiger charge is 2.29. The van der Waals surface area contributed by atoms with Crippen molar-refractivity contribution in [3.05, 3.63) is 71.7 Å². The fourth-order valence-corrected chi connectivity index (χ4v) is 2.76. The van der Waals surface area contributed by atoms with Gasteiger partial charge in [0, 0.05) is 23.5 Å². The van der Waals surface area contributed by atoms with Gasteiger partial charge in [0.25, 0.3) is 0 Å². The Morgan fingerprint density at radius 1 is 1.23 bits per heavy atom. The number of para-hydroxylation sites is 1. The molecule has 112 valence electrons. The van der Waals surface area contributed by atoms with Gasteiger partial charge >= 0.3 is 6.03 Å². The largest absolute Gasteiger partial charge is 0.326 e. The highest BCUT2D eigenvalue weighted by molar-refractivity contribution is 5.95. The summed E-state index contributed by atoms with van der Waals surface area (Å²) in [5, 5.41) is 2.71. The zero-order chi connectivity index (χ0) is 15.5. The minimum absolute atomic E-state index is 0.110. The molecule has 0 fully saturated rings. The first-order valence-corrected chi connectivity index (χ1v) is 7.25. The van der Waals surface area contributed by atoms with Crippen LogP contribution in [0.3, 0.4) is 0 Å². The van der Waals surface area contributed by atoms with Crippen LogP contribution in [0.25, 0.3) is 6.08 Å². The standard InChI is InChI=1S/C18H17FN2O/c1-13-12-15-7-3-5-9-17(15)21(13)18(22)20-11-10-14-6-2-4-8-16(14)19/h2-11,13H,12H2,1H3,(H,20,22)/b11-10+. The molecule has 1 unspecified atom stereocenters. The third-order valence-electron chi connectivity index (χ3n) is 3.80. The lowest BCUT2D eigenvalue weighted by molar-refractivity contribution is 0.248. The summed E-state index contributed by atoms with van der Waals surface area (Å²) in [5.41, 5.74) is 2.55. The molecule has 0 saturated heterocycles. The van der Waals surface area contributed by atoms with Crippen LogP contribution in [0, 0.1) is 5.82 Å². The molecule has 2 aromatic rings. The molecule has 2 amide bonds. The van der Waals surface area contributed by atoms with Crippen LogP contribution in [0.1, 0.15) is 18.1 Å². The molecule has 0 radical (unpaired) electrons. The fraction of sp³-hybridized carbons (Fsp3) is 0.167. The average molecular weight is 296 g/mol. The molecule has 0 saturated carbocycles. The smallest absolute Gasteiger partial charge is 0.314 e. The lowest BCUT2D eigenvalue weighted by Crippen LogP contribution is -2.41. The summed E-state index contributed by atoms with van der Waals surface area (Å²) in [5.74, 6) is -0.312. The van der Waals surface area contributed by atoms with Gasteiger partial charge < -0.3 is 5.32 Å². The zero-order valence-electron chi connectivity index (χ0n) is 12.3. The number of amides is 2. The molecule has 3 nitrogen and oxygen atoms in total. The van der Waals surface area contributed by atoms with Crippen molar-refractivity contribution >= 4 is 17.8 Å². The van der Waals surface area contributed by atoms with Gasteiger partial charge in [-0.3, -0.25) is 4.90 Å². The van der Waals surface area contributed by atoms with Crippen LogP contribution in [-0.2, 0) is 6.42 Å². The number of urea groups is 1. The van der Waals surface area contributed by atoms with Gasteiger partial charge in [0.2, 0.25) is 0 Å². The van der Waals surface area contributed by atoms with Crippen molar-refractivity contribution in [1.82, 2.24) is 5.32 Å². The van der Waals surface area contributed by atoms with Crippen LogP contribution in [0.5, 0.6) is 0 Å². The van der Waals surface area contributed by atoms with E-state index in [0.717, 1.165) is 12.1 Å². The van der Waals surface area contributed by atoms with E-state index in [2.05, 4.69) is 5.32 Å². The predicted molar refractivity (Wildman–Crippen MR) is 86.1 cm³/mol.